The molecule has 0 saturated carbocycles. The molecule has 0 aromatic heterocycles. The molecular weight excluding hydrogens is 190 g/mol. The Morgan fingerprint density at radius 1 is 0.867 bits per heavy atom. The van der Waals surface area contributed by atoms with Gasteiger partial charge in [-0.05, 0) is 38.9 Å². The Balaban J connectivity index is 2.02. The van der Waals surface area contributed by atoms with E-state index in [1.54, 1.807) is 0 Å². The molecule has 1 heterocycles. The van der Waals surface area contributed by atoms with Gasteiger partial charge in [-0.25, -0.2) is 0 Å². The van der Waals surface area contributed by atoms with Crippen molar-refractivity contribution in [3.8, 4) is 0 Å². The largest absolute Gasteiger partial charge is 0.396 e. The molecule has 1 aliphatic rings. The fraction of sp³-hybridized carbons (Fsp3) is 1.00. The summed E-state index contributed by atoms with van der Waals surface area (Å²) in [6.07, 6.45) is 3.18. The van der Waals surface area contributed by atoms with E-state index >= 15 is 0 Å². The number of nitrogens with zero attached hydrogens (tertiary/aromatic N) is 2. The molecule has 1 saturated heterocycles. The van der Waals surface area contributed by atoms with Gasteiger partial charge < -0.3 is 20.6 Å². The van der Waals surface area contributed by atoms with E-state index in [-0.39, 0.29) is 0 Å². The summed E-state index contributed by atoms with van der Waals surface area (Å²) in [4.78, 5) is 4.99. The fourth-order valence-electron chi connectivity index (χ4n) is 2.00. The molecule has 15 heavy (non-hydrogen) atoms. The Bertz CT molecular complexity index is 147. The van der Waals surface area contributed by atoms with Crippen molar-refractivity contribution >= 4 is 0 Å². The van der Waals surface area contributed by atoms with Crippen molar-refractivity contribution < 1.29 is 5.11 Å². The molecular formula is C11H25N3O. The Morgan fingerprint density at radius 2 is 1.40 bits per heavy atom. The first-order valence-corrected chi connectivity index (χ1v) is 6.12. The van der Waals surface area contributed by atoms with Gasteiger partial charge in [0.1, 0.15) is 0 Å². The lowest BCUT2D eigenvalue weighted by molar-refractivity contribution is 0.128. The minimum Gasteiger partial charge on any atom is -0.396 e. The predicted molar refractivity (Wildman–Crippen MR) is 62.9 cm³/mol. The predicted octanol–water partition coefficient (Wildman–Crippen LogP) is -0.275. The van der Waals surface area contributed by atoms with Gasteiger partial charge in [0.05, 0.1) is 0 Å². The maximum atomic E-state index is 8.70. The molecule has 4 heteroatoms. The van der Waals surface area contributed by atoms with E-state index in [0.717, 1.165) is 38.9 Å². The zero-order valence-corrected chi connectivity index (χ0v) is 9.70. The van der Waals surface area contributed by atoms with Crippen LogP contribution >= 0.6 is 0 Å². The average Bonchev–Trinajstić information content (AvgIpc) is 2.28. The number of rotatable bonds is 7. The molecule has 0 aromatic carbocycles. The molecule has 0 spiro atoms. The standard InChI is InChI=1S/C11H25N3O/c12-4-3-6-14-9-7-13(8-10-14)5-1-2-11-15/h15H,1-12H2. The highest BCUT2D eigenvalue weighted by atomic mass is 16.2. The average molecular weight is 215 g/mol. The van der Waals surface area contributed by atoms with Crippen molar-refractivity contribution in [1.82, 2.24) is 9.80 Å². The van der Waals surface area contributed by atoms with E-state index in [9.17, 15) is 0 Å². The third kappa shape index (κ3) is 5.47. The second kappa shape index (κ2) is 8.05. The lowest BCUT2D eigenvalue weighted by atomic mass is 10.2. The van der Waals surface area contributed by atoms with Crippen LogP contribution in [-0.2, 0) is 0 Å². The molecule has 1 rings (SSSR count). The van der Waals surface area contributed by atoms with Crippen molar-refractivity contribution in [2.24, 2.45) is 5.73 Å². The molecule has 1 aliphatic heterocycles. The summed E-state index contributed by atoms with van der Waals surface area (Å²) in [7, 11) is 0. The lowest BCUT2D eigenvalue weighted by Crippen LogP contribution is -2.47. The Kier molecular flexibility index (Phi) is 6.92. The van der Waals surface area contributed by atoms with Gasteiger partial charge in [0.15, 0.2) is 0 Å². The van der Waals surface area contributed by atoms with E-state index < -0.39 is 0 Å². The van der Waals surface area contributed by atoms with Gasteiger partial charge >= 0.3 is 0 Å². The Hall–Kier alpha value is -0.160. The SMILES string of the molecule is NCCCN1CCN(CCCCO)CC1. The van der Waals surface area contributed by atoms with E-state index in [1.807, 2.05) is 0 Å². The molecule has 90 valence electrons. The molecule has 0 aliphatic carbocycles. The van der Waals surface area contributed by atoms with E-state index in [0.29, 0.717) is 6.61 Å². The van der Waals surface area contributed by atoms with Crippen molar-refractivity contribution in [3.63, 3.8) is 0 Å². The highest BCUT2D eigenvalue weighted by Crippen LogP contribution is 2.03. The van der Waals surface area contributed by atoms with Crippen LogP contribution in [0.4, 0.5) is 0 Å². The molecule has 0 radical (unpaired) electrons. The van der Waals surface area contributed by atoms with Crippen molar-refractivity contribution in [2.75, 3.05) is 52.4 Å². The van der Waals surface area contributed by atoms with Gasteiger partial charge in [-0.1, -0.05) is 0 Å². The van der Waals surface area contributed by atoms with Crippen LogP contribution in [0.2, 0.25) is 0 Å². The number of aliphatic hydroxyl groups is 1. The molecule has 4 nitrogen and oxygen atoms in total. The number of hydrogen-bond acceptors (Lipinski definition) is 4. The second-order valence-electron chi connectivity index (χ2n) is 4.26. The Morgan fingerprint density at radius 3 is 1.87 bits per heavy atom. The monoisotopic (exact) mass is 215 g/mol. The highest BCUT2D eigenvalue weighted by Gasteiger charge is 2.15. The smallest absolute Gasteiger partial charge is 0.0431 e. The Labute approximate surface area is 93.0 Å². The van der Waals surface area contributed by atoms with Crippen LogP contribution in [-0.4, -0.2) is 67.3 Å². The van der Waals surface area contributed by atoms with Crippen LogP contribution in [0.3, 0.4) is 0 Å². The fourth-order valence-corrected chi connectivity index (χ4v) is 2.00. The van der Waals surface area contributed by atoms with Crippen LogP contribution in [0.15, 0.2) is 0 Å². The number of aliphatic hydroxyl groups excluding tert-OH is 1. The third-order valence-electron chi connectivity index (χ3n) is 3.03. The number of nitrogens with two attached hydrogens (primary N) is 1. The van der Waals surface area contributed by atoms with Gasteiger partial charge in [-0.15, -0.1) is 0 Å². The van der Waals surface area contributed by atoms with E-state index in [1.165, 1.54) is 26.2 Å². The van der Waals surface area contributed by atoms with E-state index in [4.69, 9.17) is 10.8 Å². The van der Waals surface area contributed by atoms with Gasteiger partial charge in [0.25, 0.3) is 0 Å². The molecule has 3 N–H and O–H groups in total. The van der Waals surface area contributed by atoms with Crippen molar-refractivity contribution in [3.05, 3.63) is 0 Å². The zero-order chi connectivity index (χ0) is 10.9. The third-order valence-corrected chi connectivity index (χ3v) is 3.03. The number of piperazine rings is 1. The zero-order valence-electron chi connectivity index (χ0n) is 9.70. The van der Waals surface area contributed by atoms with Crippen LogP contribution in [0.25, 0.3) is 0 Å². The van der Waals surface area contributed by atoms with Gasteiger partial charge in [-0.2, -0.15) is 0 Å². The van der Waals surface area contributed by atoms with Gasteiger partial charge in [-0.3, -0.25) is 0 Å². The second-order valence-corrected chi connectivity index (χ2v) is 4.26. The van der Waals surface area contributed by atoms with Gasteiger partial charge in [0, 0.05) is 32.8 Å². The van der Waals surface area contributed by atoms with Gasteiger partial charge in [0.2, 0.25) is 0 Å². The van der Waals surface area contributed by atoms with Crippen LogP contribution in [0.5, 0.6) is 0 Å². The molecule has 0 unspecified atom stereocenters. The number of hydrogen-bond donors (Lipinski definition) is 2. The first kappa shape index (κ1) is 12.9. The first-order chi connectivity index (χ1) is 7.36. The van der Waals surface area contributed by atoms with Crippen LogP contribution < -0.4 is 5.73 Å². The summed E-state index contributed by atoms with van der Waals surface area (Å²) in [5.41, 5.74) is 5.49. The van der Waals surface area contributed by atoms with E-state index in [2.05, 4.69) is 9.80 Å². The summed E-state index contributed by atoms with van der Waals surface area (Å²) in [5, 5.41) is 8.70. The quantitative estimate of drug-likeness (QED) is 0.574. The van der Waals surface area contributed by atoms with Crippen LogP contribution in [0, 0.1) is 0 Å². The molecule has 1 fully saturated rings. The summed E-state index contributed by atoms with van der Waals surface area (Å²) in [6, 6.07) is 0. The van der Waals surface area contributed by atoms with Crippen LogP contribution in [0.1, 0.15) is 19.3 Å². The van der Waals surface area contributed by atoms with Crippen molar-refractivity contribution in [2.45, 2.75) is 19.3 Å². The summed E-state index contributed by atoms with van der Waals surface area (Å²) < 4.78 is 0. The highest BCUT2D eigenvalue weighted by molar-refractivity contribution is 4.71. The summed E-state index contributed by atoms with van der Waals surface area (Å²) in [5.74, 6) is 0. The summed E-state index contributed by atoms with van der Waals surface area (Å²) in [6.45, 7) is 8.14. The number of unbranched alkanes of at least 4 members (excludes halogenated alkanes) is 1. The normalized spacial score (nSPS) is 19.6. The molecule has 0 amide bonds. The topological polar surface area (TPSA) is 52.7 Å². The van der Waals surface area contributed by atoms with Crippen molar-refractivity contribution in [1.29, 1.82) is 0 Å². The summed E-state index contributed by atoms with van der Waals surface area (Å²) >= 11 is 0. The first-order valence-electron chi connectivity index (χ1n) is 6.12. The maximum absolute atomic E-state index is 8.70. The maximum Gasteiger partial charge on any atom is 0.0431 e. The molecule has 0 bridgehead atoms. The molecule has 0 aromatic rings. The lowest BCUT2D eigenvalue weighted by Gasteiger charge is -2.34. The molecule has 0 atom stereocenters. The minimum absolute atomic E-state index is 0.330. The minimum atomic E-state index is 0.330.